The average Bonchev–Trinajstić information content (AvgIpc) is 2.65. The summed E-state index contributed by atoms with van der Waals surface area (Å²) in [5.41, 5.74) is 0. The zero-order valence-electron chi connectivity index (χ0n) is 8.07. The third kappa shape index (κ3) is 1.50. The van der Waals surface area contributed by atoms with E-state index in [-0.39, 0.29) is 0 Å². The van der Waals surface area contributed by atoms with E-state index in [1.807, 2.05) is 18.4 Å². The van der Waals surface area contributed by atoms with E-state index < -0.39 is 0 Å². The second-order valence-corrected chi connectivity index (χ2v) is 3.62. The SMILES string of the molecule is CCNc1nc(OC)c2ccsc2n1. The van der Waals surface area contributed by atoms with Gasteiger partial charge in [0.25, 0.3) is 0 Å². The van der Waals surface area contributed by atoms with Gasteiger partial charge in [-0.1, -0.05) is 0 Å². The molecule has 14 heavy (non-hydrogen) atoms. The lowest BCUT2D eigenvalue weighted by Gasteiger charge is -2.04. The molecule has 0 aliphatic heterocycles. The summed E-state index contributed by atoms with van der Waals surface area (Å²) in [6.07, 6.45) is 0. The van der Waals surface area contributed by atoms with E-state index in [1.165, 1.54) is 0 Å². The Hall–Kier alpha value is -1.36. The Morgan fingerprint density at radius 3 is 3.07 bits per heavy atom. The molecule has 2 aromatic heterocycles. The highest BCUT2D eigenvalue weighted by Gasteiger charge is 2.07. The first-order chi connectivity index (χ1) is 6.85. The van der Waals surface area contributed by atoms with Crippen LogP contribution in [0.3, 0.4) is 0 Å². The molecule has 2 heterocycles. The van der Waals surface area contributed by atoms with Crippen LogP contribution >= 0.6 is 11.3 Å². The van der Waals surface area contributed by atoms with Crippen molar-refractivity contribution >= 4 is 27.5 Å². The molecule has 0 saturated heterocycles. The lowest BCUT2D eigenvalue weighted by atomic mass is 10.4. The van der Waals surface area contributed by atoms with Crippen molar-refractivity contribution < 1.29 is 4.74 Å². The number of fused-ring (bicyclic) bond motifs is 1. The molecule has 0 radical (unpaired) electrons. The number of rotatable bonds is 3. The van der Waals surface area contributed by atoms with E-state index >= 15 is 0 Å². The van der Waals surface area contributed by atoms with Crippen molar-refractivity contribution in [1.82, 2.24) is 9.97 Å². The van der Waals surface area contributed by atoms with Gasteiger partial charge in [-0.2, -0.15) is 4.98 Å². The average molecular weight is 209 g/mol. The summed E-state index contributed by atoms with van der Waals surface area (Å²) in [5, 5.41) is 6.02. The molecule has 5 heteroatoms. The Bertz CT molecular complexity index is 441. The molecule has 4 nitrogen and oxygen atoms in total. The highest BCUT2D eigenvalue weighted by atomic mass is 32.1. The first-order valence-electron chi connectivity index (χ1n) is 4.38. The number of nitrogens with one attached hydrogen (secondary N) is 1. The van der Waals surface area contributed by atoms with Crippen molar-refractivity contribution in [2.75, 3.05) is 19.0 Å². The minimum absolute atomic E-state index is 0.624. The monoisotopic (exact) mass is 209 g/mol. The first-order valence-corrected chi connectivity index (χ1v) is 5.26. The zero-order valence-corrected chi connectivity index (χ0v) is 8.89. The zero-order chi connectivity index (χ0) is 9.97. The van der Waals surface area contributed by atoms with Crippen molar-refractivity contribution in [3.63, 3.8) is 0 Å². The summed E-state index contributed by atoms with van der Waals surface area (Å²) in [5.74, 6) is 1.26. The number of hydrogen-bond donors (Lipinski definition) is 1. The van der Waals surface area contributed by atoms with Crippen LogP contribution in [-0.4, -0.2) is 23.6 Å². The maximum Gasteiger partial charge on any atom is 0.227 e. The number of aromatic nitrogens is 2. The highest BCUT2D eigenvalue weighted by Crippen LogP contribution is 2.27. The van der Waals surface area contributed by atoms with Crippen LogP contribution in [0.15, 0.2) is 11.4 Å². The van der Waals surface area contributed by atoms with E-state index in [4.69, 9.17) is 4.74 Å². The van der Waals surface area contributed by atoms with E-state index in [0.717, 1.165) is 16.8 Å². The predicted molar refractivity (Wildman–Crippen MR) is 58.1 cm³/mol. The third-order valence-corrected chi connectivity index (χ3v) is 2.62. The molecule has 74 valence electrons. The van der Waals surface area contributed by atoms with Gasteiger partial charge in [-0.05, 0) is 18.4 Å². The van der Waals surface area contributed by atoms with E-state index in [1.54, 1.807) is 18.4 Å². The smallest absolute Gasteiger partial charge is 0.227 e. The molecule has 0 unspecified atom stereocenters. The Morgan fingerprint density at radius 1 is 1.50 bits per heavy atom. The number of nitrogens with zero attached hydrogens (tertiary/aromatic N) is 2. The molecule has 2 rings (SSSR count). The van der Waals surface area contributed by atoms with Crippen molar-refractivity contribution in [3.8, 4) is 5.88 Å². The summed E-state index contributed by atoms with van der Waals surface area (Å²) >= 11 is 1.59. The molecule has 0 atom stereocenters. The number of thiophene rings is 1. The lowest BCUT2D eigenvalue weighted by Crippen LogP contribution is -2.02. The molecule has 0 bridgehead atoms. The predicted octanol–water partition coefficient (Wildman–Crippen LogP) is 2.13. The number of hydrogen-bond acceptors (Lipinski definition) is 5. The van der Waals surface area contributed by atoms with Gasteiger partial charge in [0.15, 0.2) is 0 Å². The number of anilines is 1. The van der Waals surface area contributed by atoms with Crippen LogP contribution < -0.4 is 10.1 Å². The van der Waals surface area contributed by atoms with Gasteiger partial charge in [0, 0.05) is 6.54 Å². The van der Waals surface area contributed by atoms with Crippen LogP contribution in [-0.2, 0) is 0 Å². The normalized spacial score (nSPS) is 10.4. The topological polar surface area (TPSA) is 47.0 Å². The fourth-order valence-electron chi connectivity index (χ4n) is 1.22. The molecule has 0 saturated carbocycles. The molecule has 1 N–H and O–H groups in total. The van der Waals surface area contributed by atoms with Crippen LogP contribution in [0.1, 0.15) is 6.92 Å². The third-order valence-electron chi connectivity index (χ3n) is 1.82. The summed E-state index contributed by atoms with van der Waals surface area (Å²) < 4.78 is 5.19. The Labute approximate surface area is 86.0 Å². The molecule has 0 amide bonds. The molecular weight excluding hydrogens is 198 g/mol. The lowest BCUT2D eigenvalue weighted by molar-refractivity contribution is 0.403. The van der Waals surface area contributed by atoms with Gasteiger partial charge >= 0.3 is 0 Å². The van der Waals surface area contributed by atoms with E-state index in [0.29, 0.717) is 11.8 Å². The second-order valence-electron chi connectivity index (χ2n) is 2.73. The van der Waals surface area contributed by atoms with Gasteiger partial charge in [0.1, 0.15) is 4.83 Å². The molecule has 0 fully saturated rings. The van der Waals surface area contributed by atoms with E-state index in [9.17, 15) is 0 Å². The summed E-state index contributed by atoms with van der Waals surface area (Å²) in [6, 6.07) is 1.97. The first kappa shape index (κ1) is 9.21. The quantitative estimate of drug-likeness (QED) is 0.841. The molecule has 2 aromatic rings. The van der Waals surface area contributed by atoms with Gasteiger partial charge in [-0.3, -0.25) is 0 Å². The minimum Gasteiger partial charge on any atom is -0.480 e. The molecule has 0 aliphatic carbocycles. The molecule has 0 aromatic carbocycles. The highest BCUT2D eigenvalue weighted by molar-refractivity contribution is 7.16. The molecular formula is C9H11N3OS. The van der Waals surface area contributed by atoms with Gasteiger partial charge in [-0.25, -0.2) is 4.98 Å². The Balaban J connectivity index is 2.55. The fourth-order valence-corrected chi connectivity index (χ4v) is 1.98. The summed E-state index contributed by atoms with van der Waals surface area (Å²) in [7, 11) is 1.62. The van der Waals surface area contributed by atoms with Crippen LogP contribution in [0.4, 0.5) is 5.95 Å². The molecule has 0 spiro atoms. The van der Waals surface area contributed by atoms with Crippen molar-refractivity contribution in [2.45, 2.75) is 6.92 Å². The standard InChI is InChI=1S/C9H11N3OS/c1-3-10-9-11-7(13-2)6-4-5-14-8(6)12-9/h4-5H,3H2,1-2H3,(H,10,11,12). The van der Waals surface area contributed by atoms with Crippen molar-refractivity contribution in [1.29, 1.82) is 0 Å². The van der Waals surface area contributed by atoms with Gasteiger partial charge in [-0.15, -0.1) is 11.3 Å². The van der Waals surface area contributed by atoms with Crippen LogP contribution in [0.5, 0.6) is 5.88 Å². The van der Waals surface area contributed by atoms with Gasteiger partial charge in [0.2, 0.25) is 11.8 Å². The number of methoxy groups -OCH3 is 1. The van der Waals surface area contributed by atoms with Crippen LogP contribution in [0.25, 0.3) is 10.2 Å². The van der Waals surface area contributed by atoms with Crippen LogP contribution in [0.2, 0.25) is 0 Å². The van der Waals surface area contributed by atoms with Crippen LogP contribution in [0, 0.1) is 0 Å². The minimum atomic E-state index is 0.624. The van der Waals surface area contributed by atoms with Crippen molar-refractivity contribution in [3.05, 3.63) is 11.4 Å². The Kier molecular flexibility index (Phi) is 2.49. The molecule has 0 aliphatic rings. The van der Waals surface area contributed by atoms with E-state index in [2.05, 4.69) is 15.3 Å². The van der Waals surface area contributed by atoms with Crippen molar-refractivity contribution in [2.24, 2.45) is 0 Å². The second kappa shape index (κ2) is 3.79. The van der Waals surface area contributed by atoms with Gasteiger partial charge < -0.3 is 10.1 Å². The summed E-state index contributed by atoms with van der Waals surface area (Å²) in [4.78, 5) is 9.55. The van der Waals surface area contributed by atoms with Gasteiger partial charge in [0.05, 0.1) is 12.5 Å². The summed E-state index contributed by atoms with van der Waals surface area (Å²) in [6.45, 7) is 2.81. The fraction of sp³-hybridized carbons (Fsp3) is 0.333. The maximum atomic E-state index is 5.19. The maximum absolute atomic E-state index is 5.19. The largest absolute Gasteiger partial charge is 0.480 e. The number of ether oxygens (including phenoxy) is 1. The Morgan fingerprint density at radius 2 is 2.36 bits per heavy atom.